The predicted octanol–water partition coefficient (Wildman–Crippen LogP) is -0.314. The van der Waals surface area contributed by atoms with Gasteiger partial charge >= 0.3 is 0 Å². The first kappa shape index (κ1) is 17.2. The molecule has 0 radical (unpaired) electrons. The van der Waals surface area contributed by atoms with E-state index in [0.717, 1.165) is 5.69 Å². The second-order valence-electron chi connectivity index (χ2n) is 6.75. The smallest absolute Gasteiger partial charge is 0.259 e. The Morgan fingerprint density at radius 3 is 2.80 bits per heavy atom. The molecule has 2 aromatic rings. The number of aryl methyl sites for hydroxylation is 1. The molecule has 2 aromatic heterocycles. The first-order valence-electron chi connectivity index (χ1n) is 8.25. The molecule has 0 aliphatic carbocycles. The molecule has 2 amide bonds. The van der Waals surface area contributed by atoms with Crippen LogP contribution in [0.1, 0.15) is 36.3 Å². The Kier molecular flexibility index (Phi) is 4.34. The number of likely N-dealkylation sites (tertiary alicyclic amines) is 1. The molecule has 9 nitrogen and oxygen atoms in total. The van der Waals surface area contributed by atoms with E-state index in [-0.39, 0.29) is 35.3 Å². The van der Waals surface area contributed by atoms with Crippen molar-refractivity contribution in [1.29, 1.82) is 0 Å². The van der Waals surface area contributed by atoms with Crippen LogP contribution in [-0.2, 0) is 4.79 Å². The average molecular weight is 345 g/mol. The number of nitrogen functional groups attached to an aromatic ring is 1. The summed E-state index contributed by atoms with van der Waals surface area (Å²) in [4.78, 5) is 31.1. The number of fused-ring (bicyclic) bond motifs is 1. The molecule has 0 spiro atoms. The number of carbonyl (C=O) groups excluding carboxylic acids is 2. The van der Waals surface area contributed by atoms with Gasteiger partial charge in [0.15, 0.2) is 5.65 Å². The van der Waals surface area contributed by atoms with Crippen molar-refractivity contribution in [3.8, 4) is 0 Å². The number of amides is 2. The van der Waals surface area contributed by atoms with Gasteiger partial charge in [0.05, 0.1) is 5.69 Å². The lowest BCUT2D eigenvalue weighted by Gasteiger charge is -2.25. The van der Waals surface area contributed by atoms with E-state index in [9.17, 15) is 9.59 Å². The van der Waals surface area contributed by atoms with Crippen molar-refractivity contribution in [3.05, 3.63) is 23.5 Å². The molecular formula is C16H23N7O2. The summed E-state index contributed by atoms with van der Waals surface area (Å²) in [6.07, 6.45) is 1.84. The maximum Gasteiger partial charge on any atom is 0.259 e. The van der Waals surface area contributed by atoms with Crippen molar-refractivity contribution in [2.75, 3.05) is 12.3 Å². The fourth-order valence-corrected chi connectivity index (χ4v) is 3.11. The standard InChI is InChI=1S/C16H23N7O2/c1-8(2)20-15(24)12-5-10(17)7-22(12)16(25)11-6-19-13-4-9(3)21-23(13)14(11)18/h4,6,8,10,12H,5,7,17-18H2,1-3H3,(H,20,24)/t10-,12-/m0/s1. The van der Waals surface area contributed by atoms with Gasteiger partial charge in [0.2, 0.25) is 5.91 Å². The van der Waals surface area contributed by atoms with Gasteiger partial charge in [-0.15, -0.1) is 0 Å². The number of hydrogen-bond donors (Lipinski definition) is 3. The monoisotopic (exact) mass is 345 g/mol. The number of rotatable bonds is 3. The molecule has 9 heteroatoms. The Labute approximate surface area is 145 Å². The molecule has 2 atom stereocenters. The minimum atomic E-state index is -0.612. The van der Waals surface area contributed by atoms with Gasteiger partial charge in [-0.3, -0.25) is 9.59 Å². The quantitative estimate of drug-likeness (QED) is 0.699. The van der Waals surface area contributed by atoms with Crippen LogP contribution in [-0.4, -0.2) is 56.0 Å². The van der Waals surface area contributed by atoms with E-state index in [1.54, 1.807) is 6.07 Å². The van der Waals surface area contributed by atoms with E-state index in [1.807, 2.05) is 20.8 Å². The van der Waals surface area contributed by atoms with Crippen molar-refractivity contribution in [1.82, 2.24) is 24.8 Å². The first-order valence-corrected chi connectivity index (χ1v) is 8.25. The average Bonchev–Trinajstić information content (AvgIpc) is 3.09. The molecule has 25 heavy (non-hydrogen) atoms. The third-order valence-corrected chi connectivity index (χ3v) is 4.20. The molecule has 0 bridgehead atoms. The van der Waals surface area contributed by atoms with E-state index >= 15 is 0 Å². The van der Waals surface area contributed by atoms with E-state index in [2.05, 4.69) is 15.4 Å². The molecule has 1 aliphatic heterocycles. The van der Waals surface area contributed by atoms with Gasteiger partial charge in [-0.1, -0.05) is 0 Å². The maximum absolute atomic E-state index is 13.0. The third kappa shape index (κ3) is 3.14. The summed E-state index contributed by atoms with van der Waals surface area (Å²) in [6.45, 7) is 5.86. The Morgan fingerprint density at radius 2 is 2.12 bits per heavy atom. The summed E-state index contributed by atoms with van der Waals surface area (Å²) in [5, 5.41) is 7.08. The molecule has 0 unspecified atom stereocenters. The Morgan fingerprint density at radius 1 is 1.40 bits per heavy atom. The second kappa shape index (κ2) is 6.32. The van der Waals surface area contributed by atoms with Crippen LogP contribution in [0.4, 0.5) is 5.82 Å². The van der Waals surface area contributed by atoms with Crippen LogP contribution in [0, 0.1) is 6.92 Å². The van der Waals surface area contributed by atoms with Gasteiger partial charge in [-0.05, 0) is 27.2 Å². The van der Waals surface area contributed by atoms with E-state index in [4.69, 9.17) is 11.5 Å². The highest BCUT2D eigenvalue weighted by Gasteiger charge is 2.39. The van der Waals surface area contributed by atoms with Crippen molar-refractivity contribution >= 4 is 23.3 Å². The molecule has 1 aliphatic rings. The van der Waals surface area contributed by atoms with Gasteiger partial charge in [-0.2, -0.15) is 9.61 Å². The van der Waals surface area contributed by atoms with E-state index < -0.39 is 6.04 Å². The van der Waals surface area contributed by atoms with Crippen LogP contribution in [0.5, 0.6) is 0 Å². The molecular weight excluding hydrogens is 322 g/mol. The van der Waals surface area contributed by atoms with E-state index in [0.29, 0.717) is 18.6 Å². The van der Waals surface area contributed by atoms with Crippen LogP contribution in [0.15, 0.2) is 12.3 Å². The minimum Gasteiger partial charge on any atom is -0.383 e. The number of anilines is 1. The topological polar surface area (TPSA) is 132 Å². The largest absolute Gasteiger partial charge is 0.383 e. The van der Waals surface area contributed by atoms with Gasteiger partial charge in [0.25, 0.3) is 5.91 Å². The summed E-state index contributed by atoms with van der Waals surface area (Å²) < 4.78 is 1.43. The zero-order valence-corrected chi connectivity index (χ0v) is 14.6. The molecule has 0 saturated carbocycles. The molecule has 134 valence electrons. The van der Waals surface area contributed by atoms with Crippen molar-refractivity contribution < 1.29 is 9.59 Å². The van der Waals surface area contributed by atoms with Crippen molar-refractivity contribution in [2.24, 2.45) is 5.73 Å². The van der Waals surface area contributed by atoms with Crippen LogP contribution < -0.4 is 16.8 Å². The fourth-order valence-electron chi connectivity index (χ4n) is 3.11. The normalized spacial score (nSPS) is 20.4. The fraction of sp³-hybridized carbons (Fsp3) is 0.500. The van der Waals surface area contributed by atoms with Gasteiger partial charge < -0.3 is 21.7 Å². The first-order chi connectivity index (χ1) is 11.8. The number of nitrogens with one attached hydrogen (secondary N) is 1. The highest BCUT2D eigenvalue weighted by molar-refractivity contribution is 6.01. The van der Waals surface area contributed by atoms with Gasteiger partial charge in [0.1, 0.15) is 17.4 Å². The highest BCUT2D eigenvalue weighted by Crippen LogP contribution is 2.23. The zero-order valence-electron chi connectivity index (χ0n) is 14.6. The lowest BCUT2D eigenvalue weighted by Crippen LogP contribution is -2.47. The summed E-state index contributed by atoms with van der Waals surface area (Å²) in [7, 11) is 0. The Balaban J connectivity index is 1.93. The number of hydrogen-bond acceptors (Lipinski definition) is 6. The lowest BCUT2D eigenvalue weighted by atomic mass is 10.1. The Hall–Kier alpha value is -2.68. The predicted molar refractivity (Wildman–Crippen MR) is 92.8 cm³/mol. The summed E-state index contributed by atoms with van der Waals surface area (Å²) in [5.41, 5.74) is 13.6. The molecule has 1 saturated heterocycles. The van der Waals surface area contributed by atoms with Gasteiger partial charge in [0, 0.05) is 30.9 Å². The van der Waals surface area contributed by atoms with Gasteiger partial charge in [-0.25, -0.2) is 4.98 Å². The molecule has 3 heterocycles. The number of nitrogens with two attached hydrogens (primary N) is 2. The number of nitrogens with zero attached hydrogens (tertiary/aromatic N) is 4. The van der Waals surface area contributed by atoms with Crippen LogP contribution in [0.3, 0.4) is 0 Å². The Bertz CT molecular complexity index is 829. The lowest BCUT2D eigenvalue weighted by molar-refractivity contribution is -0.125. The van der Waals surface area contributed by atoms with Crippen molar-refractivity contribution in [3.63, 3.8) is 0 Å². The second-order valence-corrected chi connectivity index (χ2v) is 6.75. The summed E-state index contributed by atoms with van der Waals surface area (Å²) in [6, 6.07) is 0.891. The van der Waals surface area contributed by atoms with Crippen LogP contribution >= 0.6 is 0 Å². The number of aromatic nitrogens is 3. The summed E-state index contributed by atoms with van der Waals surface area (Å²) in [5.74, 6) is -0.373. The summed E-state index contributed by atoms with van der Waals surface area (Å²) >= 11 is 0. The van der Waals surface area contributed by atoms with E-state index in [1.165, 1.54) is 15.6 Å². The van der Waals surface area contributed by atoms with Crippen molar-refractivity contribution in [2.45, 2.75) is 45.3 Å². The highest BCUT2D eigenvalue weighted by atomic mass is 16.2. The molecule has 1 fully saturated rings. The minimum absolute atomic E-state index is 0.0172. The molecule has 5 N–H and O–H groups in total. The molecule has 0 aromatic carbocycles. The van der Waals surface area contributed by atoms with Crippen LogP contribution in [0.25, 0.3) is 5.65 Å². The zero-order chi connectivity index (χ0) is 18.3. The SMILES string of the molecule is Cc1cc2ncc(C(=O)N3C[C@@H](N)C[C@H]3C(=O)NC(C)C)c(N)n2n1. The molecule has 3 rings (SSSR count). The van der Waals surface area contributed by atoms with Crippen LogP contribution in [0.2, 0.25) is 0 Å². The third-order valence-electron chi connectivity index (χ3n) is 4.20. The number of carbonyl (C=O) groups is 2. The maximum atomic E-state index is 13.0.